The van der Waals surface area contributed by atoms with Gasteiger partial charge in [-0.2, -0.15) is 0 Å². The molecule has 0 heterocycles. The number of para-hydroxylation sites is 1. The summed E-state index contributed by atoms with van der Waals surface area (Å²) in [5.74, 6) is 1.08. The molecule has 150 valence electrons. The van der Waals surface area contributed by atoms with Crippen molar-refractivity contribution in [3.63, 3.8) is 0 Å². The number of ether oxygens (including phenoxy) is 2. The highest BCUT2D eigenvalue weighted by Gasteiger charge is 2.12. The van der Waals surface area contributed by atoms with E-state index in [4.69, 9.17) is 15.2 Å². The summed E-state index contributed by atoms with van der Waals surface area (Å²) < 4.78 is 11.2. The van der Waals surface area contributed by atoms with Crippen LogP contribution in [0.1, 0.15) is 10.4 Å². The van der Waals surface area contributed by atoms with Gasteiger partial charge < -0.3 is 25.4 Å². The van der Waals surface area contributed by atoms with E-state index in [0.717, 1.165) is 12.3 Å². The Hall–Kier alpha value is -1.99. The second-order valence-electron chi connectivity index (χ2n) is 5.76. The van der Waals surface area contributed by atoms with Gasteiger partial charge in [-0.25, -0.2) is 0 Å². The van der Waals surface area contributed by atoms with Gasteiger partial charge in [0.15, 0.2) is 0 Å². The van der Waals surface area contributed by atoms with E-state index >= 15 is 0 Å². The molecule has 0 saturated heterocycles. The van der Waals surface area contributed by atoms with Crippen LogP contribution in [0.5, 0.6) is 11.5 Å². The number of likely N-dealkylation sites (N-methyl/N-ethyl adjacent to an activating group) is 1. The zero-order valence-corrected chi connectivity index (χ0v) is 17.1. The fourth-order valence-corrected chi connectivity index (χ4v) is 2.13. The Morgan fingerprint density at radius 3 is 2.30 bits per heavy atom. The van der Waals surface area contributed by atoms with Gasteiger partial charge in [0.25, 0.3) is 5.91 Å². The molecule has 0 aromatic heterocycles. The van der Waals surface area contributed by atoms with Crippen molar-refractivity contribution in [2.75, 3.05) is 45.7 Å². The van der Waals surface area contributed by atoms with Crippen LogP contribution >= 0.6 is 24.8 Å². The standard InChI is InChI=1S/C19H25N3O3.2ClH/c1-22(2)12-14-25-18-6-4-3-5-17(18)19(23)21-15-7-9-16(10-8-15)24-13-11-20;;/h3-10H,11-14,20H2,1-2H3,(H,21,23);2*1H. The summed E-state index contributed by atoms with van der Waals surface area (Å²) in [6.45, 7) is 2.22. The van der Waals surface area contributed by atoms with Crippen molar-refractivity contribution in [2.45, 2.75) is 0 Å². The minimum absolute atomic E-state index is 0. The van der Waals surface area contributed by atoms with Gasteiger partial charge in [-0.3, -0.25) is 4.79 Å². The van der Waals surface area contributed by atoms with Crippen LogP contribution in [0.15, 0.2) is 48.5 Å². The first-order chi connectivity index (χ1) is 12.1. The van der Waals surface area contributed by atoms with Gasteiger partial charge in [-0.15, -0.1) is 24.8 Å². The van der Waals surface area contributed by atoms with Crippen molar-refractivity contribution in [2.24, 2.45) is 5.73 Å². The predicted molar refractivity (Wildman–Crippen MR) is 114 cm³/mol. The van der Waals surface area contributed by atoms with Crippen LogP contribution in [0.25, 0.3) is 0 Å². The van der Waals surface area contributed by atoms with Crippen LogP contribution in [0.2, 0.25) is 0 Å². The molecule has 0 spiro atoms. The van der Waals surface area contributed by atoms with Crippen LogP contribution < -0.4 is 20.5 Å². The van der Waals surface area contributed by atoms with Crippen LogP contribution in [0.3, 0.4) is 0 Å². The van der Waals surface area contributed by atoms with Crippen LogP contribution in [-0.4, -0.2) is 51.2 Å². The molecule has 0 fully saturated rings. The monoisotopic (exact) mass is 415 g/mol. The minimum atomic E-state index is -0.212. The molecule has 3 N–H and O–H groups in total. The summed E-state index contributed by atoms with van der Waals surface area (Å²) in [5, 5.41) is 2.87. The highest BCUT2D eigenvalue weighted by atomic mass is 35.5. The van der Waals surface area contributed by atoms with Crippen molar-refractivity contribution < 1.29 is 14.3 Å². The van der Waals surface area contributed by atoms with E-state index in [1.807, 2.05) is 31.1 Å². The number of anilines is 1. The summed E-state index contributed by atoms with van der Waals surface area (Å²) in [5.41, 5.74) is 6.60. The van der Waals surface area contributed by atoms with E-state index in [-0.39, 0.29) is 30.7 Å². The summed E-state index contributed by atoms with van der Waals surface area (Å²) in [7, 11) is 3.95. The Morgan fingerprint density at radius 2 is 1.67 bits per heavy atom. The molecular weight excluding hydrogens is 389 g/mol. The van der Waals surface area contributed by atoms with Crippen molar-refractivity contribution in [3.8, 4) is 11.5 Å². The number of hydrogen-bond acceptors (Lipinski definition) is 5. The number of nitrogens with one attached hydrogen (secondary N) is 1. The molecule has 0 radical (unpaired) electrons. The SMILES string of the molecule is CN(C)CCOc1ccccc1C(=O)Nc1ccc(OCCN)cc1.Cl.Cl. The zero-order chi connectivity index (χ0) is 18.1. The maximum Gasteiger partial charge on any atom is 0.259 e. The lowest BCUT2D eigenvalue weighted by Gasteiger charge is -2.14. The highest BCUT2D eigenvalue weighted by Crippen LogP contribution is 2.21. The number of carbonyl (C=O) groups excluding carboxylic acids is 1. The quantitative estimate of drug-likeness (QED) is 0.657. The number of nitrogens with zero attached hydrogens (tertiary/aromatic N) is 1. The molecule has 0 unspecified atom stereocenters. The van der Waals surface area contributed by atoms with Gasteiger partial charge in [-0.05, 0) is 50.5 Å². The molecule has 0 saturated carbocycles. The fourth-order valence-electron chi connectivity index (χ4n) is 2.13. The second-order valence-corrected chi connectivity index (χ2v) is 5.76. The second kappa shape index (κ2) is 13.2. The van der Waals surface area contributed by atoms with Crippen molar-refractivity contribution in [3.05, 3.63) is 54.1 Å². The number of amides is 1. The van der Waals surface area contributed by atoms with Gasteiger partial charge in [0.1, 0.15) is 24.7 Å². The number of carbonyl (C=O) groups is 1. The molecule has 0 aliphatic carbocycles. The highest BCUT2D eigenvalue weighted by molar-refractivity contribution is 6.06. The zero-order valence-electron chi connectivity index (χ0n) is 15.5. The molecular formula is C19H27Cl2N3O3. The molecule has 1 amide bonds. The average Bonchev–Trinajstić information content (AvgIpc) is 2.61. The normalized spacial score (nSPS) is 9.78. The van der Waals surface area contributed by atoms with E-state index in [0.29, 0.717) is 36.8 Å². The van der Waals surface area contributed by atoms with E-state index in [9.17, 15) is 4.79 Å². The Balaban J connectivity index is 0.00000338. The van der Waals surface area contributed by atoms with Gasteiger partial charge in [0.2, 0.25) is 0 Å². The number of benzene rings is 2. The molecule has 27 heavy (non-hydrogen) atoms. The summed E-state index contributed by atoms with van der Waals surface area (Å²) >= 11 is 0. The van der Waals surface area contributed by atoms with Crippen molar-refractivity contribution in [1.82, 2.24) is 4.90 Å². The molecule has 8 heteroatoms. The van der Waals surface area contributed by atoms with E-state index < -0.39 is 0 Å². The van der Waals surface area contributed by atoms with Crippen LogP contribution in [-0.2, 0) is 0 Å². The number of hydrogen-bond donors (Lipinski definition) is 2. The number of rotatable bonds is 9. The lowest BCUT2D eigenvalue weighted by molar-refractivity contribution is 0.102. The molecule has 0 bridgehead atoms. The third kappa shape index (κ3) is 8.49. The number of nitrogens with two attached hydrogens (primary N) is 1. The lowest BCUT2D eigenvalue weighted by atomic mass is 10.2. The summed E-state index contributed by atoms with van der Waals surface area (Å²) in [6.07, 6.45) is 0. The van der Waals surface area contributed by atoms with Gasteiger partial charge >= 0.3 is 0 Å². The molecule has 0 atom stereocenters. The Morgan fingerprint density at radius 1 is 1.00 bits per heavy atom. The molecule has 2 rings (SSSR count). The maximum atomic E-state index is 12.5. The van der Waals surface area contributed by atoms with Gasteiger partial charge in [0.05, 0.1) is 5.56 Å². The largest absolute Gasteiger partial charge is 0.492 e. The predicted octanol–water partition coefficient (Wildman–Crippen LogP) is 3.06. The first-order valence-electron chi connectivity index (χ1n) is 8.21. The van der Waals surface area contributed by atoms with Crippen LogP contribution in [0, 0.1) is 0 Å². The molecule has 0 aliphatic rings. The third-order valence-corrected chi connectivity index (χ3v) is 3.43. The Labute approximate surface area is 172 Å². The minimum Gasteiger partial charge on any atom is -0.492 e. The Bertz CT molecular complexity index is 682. The summed E-state index contributed by atoms with van der Waals surface area (Å²) in [6, 6.07) is 14.4. The first kappa shape index (κ1) is 25.0. The van der Waals surface area contributed by atoms with Crippen molar-refractivity contribution >= 4 is 36.4 Å². The molecule has 6 nitrogen and oxygen atoms in total. The van der Waals surface area contributed by atoms with Crippen molar-refractivity contribution in [1.29, 1.82) is 0 Å². The third-order valence-electron chi connectivity index (χ3n) is 3.43. The first-order valence-corrected chi connectivity index (χ1v) is 8.21. The Kier molecular flexibility index (Phi) is 12.2. The molecule has 0 aliphatic heterocycles. The lowest BCUT2D eigenvalue weighted by Crippen LogP contribution is -2.20. The number of halogens is 2. The van der Waals surface area contributed by atoms with Gasteiger partial charge in [-0.1, -0.05) is 12.1 Å². The molecule has 2 aromatic carbocycles. The maximum absolute atomic E-state index is 12.5. The topological polar surface area (TPSA) is 76.8 Å². The van der Waals surface area contributed by atoms with E-state index in [2.05, 4.69) is 5.32 Å². The molecule has 2 aromatic rings. The van der Waals surface area contributed by atoms with E-state index in [1.54, 1.807) is 36.4 Å². The smallest absolute Gasteiger partial charge is 0.259 e. The van der Waals surface area contributed by atoms with Gasteiger partial charge in [0, 0.05) is 18.8 Å². The average molecular weight is 416 g/mol. The fraction of sp³-hybridized carbons (Fsp3) is 0.316. The summed E-state index contributed by atoms with van der Waals surface area (Å²) in [4.78, 5) is 14.6. The van der Waals surface area contributed by atoms with E-state index in [1.165, 1.54) is 0 Å². The van der Waals surface area contributed by atoms with Crippen LogP contribution in [0.4, 0.5) is 5.69 Å².